The number of aromatic nitrogens is 2. The molecule has 0 bridgehead atoms. The van der Waals surface area contributed by atoms with Crippen molar-refractivity contribution in [1.82, 2.24) is 14.7 Å². The first-order valence-electron chi connectivity index (χ1n) is 7.69. The highest BCUT2D eigenvalue weighted by molar-refractivity contribution is 5.96. The van der Waals surface area contributed by atoms with Crippen molar-refractivity contribution >= 4 is 17.6 Å². The fourth-order valence-electron chi connectivity index (χ4n) is 2.96. The minimum atomic E-state index is -1.23. The minimum Gasteiger partial charge on any atom is -0.480 e. The number of carbonyl (C=O) groups is 2. The molecule has 1 aromatic carbocycles. The molecule has 1 unspecified atom stereocenters. The molecule has 1 fully saturated rings. The topological polar surface area (TPSA) is 119 Å². The zero-order chi connectivity index (χ0) is 18.2. The van der Waals surface area contributed by atoms with E-state index in [4.69, 9.17) is 0 Å². The van der Waals surface area contributed by atoms with E-state index in [1.54, 1.807) is 6.20 Å². The second-order valence-electron chi connectivity index (χ2n) is 6.06. The van der Waals surface area contributed by atoms with Gasteiger partial charge in [0.2, 0.25) is 0 Å². The van der Waals surface area contributed by atoms with Gasteiger partial charge in [-0.05, 0) is 38.0 Å². The second-order valence-corrected chi connectivity index (χ2v) is 6.06. The highest BCUT2D eigenvalue weighted by atomic mass is 16.6. The molecule has 2 heterocycles. The van der Waals surface area contributed by atoms with Crippen LogP contribution in [0.4, 0.5) is 5.69 Å². The Hall–Kier alpha value is -3.23. The van der Waals surface area contributed by atoms with Crippen molar-refractivity contribution in [2.24, 2.45) is 0 Å². The summed E-state index contributed by atoms with van der Waals surface area (Å²) in [5, 5.41) is 24.3. The van der Waals surface area contributed by atoms with E-state index in [-0.39, 0.29) is 11.4 Å². The van der Waals surface area contributed by atoms with Gasteiger partial charge < -0.3 is 10.0 Å². The molecule has 9 heteroatoms. The van der Waals surface area contributed by atoms with Crippen LogP contribution in [0.1, 0.15) is 30.3 Å². The van der Waals surface area contributed by atoms with Crippen LogP contribution in [-0.4, -0.2) is 48.7 Å². The van der Waals surface area contributed by atoms with E-state index >= 15 is 0 Å². The molecular formula is C16H16N4O5. The maximum absolute atomic E-state index is 12.7. The summed E-state index contributed by atoms with van der Waals surface area (Å²) in [6.45, 7) is 1.90. The van der Waals surface area contributed by atoms with E-state index < -0.39 is 22.3 Å². The Kier molecular flexibility index (Phi) is 3.99. The largest absolute Gasteiger partial charge is 0.480 e. The van der Waals surface area contributed by atoms with Crippen LogP contribution >= 0.6 is 0 Å². The number of hydrogen-bond acceptors (Lipinski definition) is 5. The van der Waals surface area contributed by atoms with Gasteiger partial charge in [-0.15, -0.1) is 0 Å². The number of non-ortho nitro benzene ring substituents is 1. The highest BCUT2D eigenvalue weighted by Gasteiger charge is 2.46. The number of amides is 1. The predicted octanol–water partition coefficient (Wildman–Crippen LogP) is 1.86. The summed E-state index contributed by atoms with van der Waals surface area (Å²) >= 11 is 0. The molecule has 0 radical (unpaired) electrons. The van der Waals surface area contributed by atoms with Crippen molar-refractivity contribution in [2.75, 3.05) is 6.54 Å². The van der Waals surface area contributed by atoms with Gasteiger partial charge in [0.25, 0.3) is 11.6 Å². The third-order valence-corrected chi connectivity index (χ3v) is 4.48. The van der Waals surface area contributed by atoms with Crippen LogP contribution in [0.15, 0.2) is 36.5 Å². The number of benzene rings is 1. The predicted molar refractivity (Wildman–Crippen MR) is 86.5 cm³/mol. The number of carbonyl (C=O) groups excluding carboxylic acids is 1. The summed E-state index contributed by atoms with van der Waals surface area (Å²) in [5.74, 6) is -1.48. The first-order chi connectivity index (χ1) is 11.8. The van der Waals surface area contributed by atoms with Crippen molar-refractivity contribution in [2.45, 2.75) is 25.3 Å². The Morgan fingerprint density at radius 3 is 2.56 bits per heavy atom. The number of nitro benzene ring substituents is 1. The number of nitrogens with zero attached hydrogens (tertiary/aromatic N) is 4. The van der Waals surface area contributed by atoms with Crippen LogP contribution in [0.5, 0.6) is 0 Å². The Balaban J connectivity index is 1.85. The average molecular weight is 344 g/mol. The lowest BCUT2D eigenvalue weighted by Gasteiger charge is -2.30. The first-order valence-corrected chi connectivity index (χ1v) is 7.69. The number of aliphatic carboxylic acids is 1. The lowest BCUT2D eigenvalue weighted by atomic mass is 9.99. The molecule has 25 heavy (non-hydrogen) atoms. The molecule has 3 rings (SSSR count). The fourth-order valence-corrected chi connectivity index (χ4v) is 2.96. The number of hydrogen-bond donors (Lipinski definition) is 1. The summed E-state index contributed by atoms with van der Waals surface area (Å²) in [6.07, 6.45) is 2.58. The molecule has 1 aliphatic rings. The number of carboxylic acid groups (broad SMARTS) is 1. The van der Waals surface area contributed by atoms with Gasteiger partial charge in [-0.2, -0.15) is 5.10 Å². The van der Waals surface area contributed by atoms with Gasteiger partial charge in [0, 0.05) is 24.9 Å². The monoisotopic (exact) mass is 344 g/mol. The maximum Gasteiger partial charge on any atom is 0.329 e. The Morgan fingerprint density at radius 1 is 1.28 bits per heavy atom. The molecule has 1 amide bonds. The SMILES string of the molecule is CC1(C(=O)O)CCCN1C(=O)c1ccn(-c2ccc([N+](=O)[O-])cc2)n1. The standard InChI is InChI=1S/C16H16N4O5/c1-16(15(22)23)8-2-9-18(16)14(21)13-7-10-19(17-13)11-3-5-12(6-4-11)20(24)25/h3-7,10H,2,8-9H2,1H3,(H,22,23). The van der Waals surface area contributed by atoms with E-state index in [0.29, 0.717) is 25.1 Å². The first kappa shape index (κ1) is 16.6. The van der Waals surface area contributed by atoms with Gasteiger partial charge in [0.05, 0.1) is 10.6 Å². The summed E-state index contributed by atoms with van der Waals surface area (Å²) in [7, 11) is 0. The molecule has 0 saturated carbocycles. The lowest BCUT2D eigenvalue weighted by molar-refractivity contribution is -0.384. The zero-order valence-electron chi connectivity index (χ0n) is 13.5. The average Bonchev–Trinajstić information content (AvgIpc) is 3.22. The van der Waals surface area contributed by atoms with Gasteiger partial charge in [0.15, 0.2) is 5.69 Å². The quantitative estimate of drug-likeness (QED) is 0.668. The third kappa shape index (κ3) is 2.84. The molecule has 1 atom stereocenters. The third-order valence-electron chi connectivity index (χ3n) is 4.48. The molecule has 1 aromatic heterocycles. The molecule has 0 aliphatic carbocycles. The second kappa shape index (κ2) is 6.00. The van der Waals surface area contributed by atoms with Crippen LogP contribution < -0.4 is 0 Å². The number of likely N-dealkylation sites (tertiary alicyclic amines) is 1. The zero-order valence-corrected chi connectivity index (χ0v) is 13.5. The van der Waals surface area contributed by atoms with E-state index in [2.05, 4.69) is 5.10 Å². The van der Waals surface area contributed by atoms with Gasteiger partial charge >= 0.3 is 5.97 Å². The Morgan fingerprint density at radius 2 is 1.96 bits per heavy atom. The van der Waals surface area contributed by atoms with E-state index in [1.807, 2.05) is 0 Å². The smallest absolute Gasteiger partial charge is 0.329 e. The fraction of sp³-hybridized carbons (Fsp3) is 0.312. The van der Waals surface area contributed by atoms with E-state index in [1.165, 1.54) is 46.8 Å². The van der Waals surface area contributed by atoms with E-state index in [9.17, 15) is 24.8 Å². The molecule has 0 spiro atoms. The van der Waals surface area contributed by atoms with E-state index in [0.717, 1.165) is 0 Å². The van der Waals surface area contributed by atoms with Gasteiger partial charge in [-0.25, -0.2) is 9.48 Å². The lowest BCUT2D eigenvalue weighted by Crippen LogP contribution is -2.50. The normalized spacial score (nSPS) is 19.8. The van der Waals surface area contributed by atoms with Crippen molar-refractivity contribution in [3.8, 4) is 5.69 Å². The van der Waals surface area contributed by atoms with Crippen molar-refractivity contribution < 1.29 is 19.6 Å². The molecule has 2 aromatic rings. The minimum absolute atomic E-state index is 0.0403. The van der Waals surface area contributed by atoms with Crippen LogP contribution in [0.3, 0.4) is 0 Å². The molecule has 1 aliphatic heterocycles. The Bertz CT molecular complexity index is 844. The summed E-state index contributed by atoms with van der Waals surface area (Å²) in [6, 6.07) is 7.25. The Labute approximate surface area is 142 Å². The van der Waals surface area contributed by atoms with Crippen molar-refractivity contribution in [3.63, 3.8) is 0 Å². The number of rotatable bonds is 4. The number of carboxylic acids is 1. The molecule has 1 saturated heterocycles. The molecule has 9 nitrogen and oxygen atoms in total. The summed E-state index contributed by atoms with van der Waals surface area (Å²) in [5.41, 5.74) is -0.574. The molecular weight excluding hydrogens is 328 g/mol. The van der Waals surface area contributed by atoms with Crippen LogP contribution in [-0.2, 0) is 4.79 Å². The van der Waals surface area contributed by atoms with Crippen LogP contribution in [0, 0.1) is 10.1 Å². The van der Waals surface area contributed by atoms with Crippen LogP contribution in [0.25, 0.3) is 5.69 Å². The maximum atomic E-state index is 12.7. The molecule has 130 valence electrons. The van der Waals surface area contributed by atoms with Gasteiger partial charge in [-0.3, -0.25) is 14.9 Å². The van der Waals surface area contributed by atoms with Gasteiger partial charge in [-0.1, -0.05) is 0 Å². The van der Waals surface area contributed by atoms with Crippen molar-refractivity contribution in [3.05, 3.63) is 52.3 Å². The number of nitro groups is 1. The van der Waals surface area contributed by atoms with Crippen LogP contribution in [0.2, 0.25) is 0 Å². The van der Waals surface area contributed by atoms with Gasteiger partial charge in [0.1, 0.15) is 5.54 Å². The summed E-state index contributed by atoms with van der Waals surface area (Å²) in [4.78, 5) is 35.7. The van der Waals surface area contributed by atoms with Crippen molar-refractivity contribution in [1.29, 1.82) is 0 Å². The molecule has 1 N–H and O–H groups in total. The highest BCUT2D eigenvalue weighted by Crippen LogP contribution is 2.30. The summed E-state index contributed by atoms with van der Waals surface area (Å²) < 4.78 is 1.42.